The van der Waals surface area contributed by atoms with Gasteiger partial charge in [0, 0.05) is 14.1 Å². The highest BCUT2D eigenvalue weighted by Gasteiger charge is 2.21. The first-order valence-electron chi connectivity index (χ1n) is 7.16. The van der Waals surface area contributed by atoms with E-state index < -0.39 is 0 Å². The molecule has 3 nitrogen and oxygen atoms in total. The van der Waals surface area contributed by atoms with Crippen molar-refractivity contribution in [1.29, 1.82) is 0 Å². The molecule has 0 saturated heterocycles. The van der Waals surface area contributed by atoms with Crippen molar-refractivity contribution < 1.29 is 4.79 Å². The summed E-state index contributed by atoms with van der Waals surface area (Å²) >= 11 is 0. The van der Waals surface area contributed by atoms with Crippen LogP contribution < -0.4 is 5.32 Å². The lowest BCUT2D eigenvalue weighted by molar-refractivity contribution is -0.130. The van der Waals surface area contributed by atoms with Gasteiger partial charge in [0.1, 0.15) is 0 Å². The van der Waals surface area contributed by atoms with Gasteiger partial charge in [-0.2, -0.15) is 0 Å². The Morgan fingerprint density at radius 2 is 1.33 bits per heavy atom. The van der Waals surface area contributed by atoms with E-state index in [1.165, 1.54) is 0 Å². The van der Waals surface area contributed by atoms with Gasteiger partial charge in [-0.1, -0.05) is 60.7 Å². The topological polar surface area (TPSA) is 32.3 Å². The lowest BCUT2D eigenvalue weighted by Crippen LogP contribution is -2.43. The molecule has 1 amide bonds. The van der Waals surface area contributed by atoms with Crippen LogP contribution in [-0.4, -0.2) is 30.9 Å². The van der Waals surface area contributed by atoms with E-state index in [9.17, 15) is 4.79 Å². The minimum Gasteiger partial charge on any atom is -0.347 e. The quantitative estimate of drug-likeness (QED) is 0.914. The van der Waals surface area contributed by atoms with Crippen molar-refractivity contribution in [1.82, 2.24) is 10.2 Å². The Morgan fingerprint density at radius 1 is 0.905 bits per heavy atom. The van der Waals surface area contributed by atoms with Crippen molar-refractivity contribution >= 4 is 5.91 Å². The molecule has 0 saturated carbocycles. The fourth-order valence-electron chi connectivity index (χ4n) is 2.38. The summed E-state index contributed by atoms with van der Waals surface area (Å²) in [6.07, 6.45) is 0. The third-order valence-corrected chi connectivity index (χ3v) is 3.49. The summed E-state index contributed by atoms with van der Waals surface area (Å²) in [6.45, 7) is 1.90. The number of rotatable bonds is 5. The fraction of sp³-hybridized carbons (Fsp3) is 0.278. The van der Waals surface area contributed by atoms with Crippen LogP contribution in [0.4, 0.5) is 0 Å². The average molecular weight is 282 g/mol. The van der Waals surface area contributed by atoms with Crippen LogP contribution >= 0.6 is 0 Å². The Hall–Kier alpha value is -2.13. The minimum absolute atomic E-state index is 0.00583. The molecule has 0 spiro atoms. The number of carbonyl (C=O) groups is 1. The Kier molecular flexibility index (Phi) is 5.12. The van der Waals surface area contributed by atoms with E-state index in [-0.39, 0.29) is 18.0 Å². The Bertz CT molecular complexity index is 527. The molecule has 0 aliphatic heterocycles. The number of amides is 1. The summed E-state index contributed by atoms with van der Waals surface area (Å²) in [5.41, 5.74) is 2.31. The second-order valence-corrected chi connectivity index (χ2v) is 5.38. The molecule has 1 atom stereocenters. The summed E-state index contributed by atoms with van der Waals surface area (Å²) in [5, 5.41) is 3.44. The summed E-state index contributed by atoms with van der Waals surface area (Å²) in [7, 11) is 3.56. The van der Waals surface area contributed by atoms with E-state index in [0.29, 0.717) is 0 Å². The van der Waals surface area contributed by atoms with E-state index in [2.05, 4.69) is 29.6 Å². The van der Waals surface area contributed by atoms with Crippen LogP contribution in [0.1, 0.15) is 24.1 Å². The first-order chi connectivity index (χ1) is 10.1. The number of likely N-dealkylation sites (N-methyl/N-ethyl adjacent to an activating group) is 1. The number of nitrogens with zero attached hydrogens (tertiary/aromatic N) is 1. The van der Waals surface area contributed by atoms with E-state index in [4.69, 9.17) is 0 Å². The van der Waals surface area contributed by atoms with E-state index >= 15 is 0 Å². The summed E-state index contributed by atoms with van der Waals surface area (Å²) in [4.78, 5) is 13.7. The van der Waals surface area contributed by atoms with Gasteiger partial charge < -0.3 is 4.90 Å². The molecule has 0 aliphatic carbocycles. The first kappa shape index (κ1) is 15.3. The number of hydrogen-bond donors (Lipinski definition) is 1. The normalized spacial score (nSPS) is 12.2. The van der Waals surface area contributed by atoms with Gasteiger partial charge in [-0.05, 0) is 18.1 Å². The molecule has 2 rings (SSSR count). The van der Waals surface area contributed by atoms with E-state index in [1.54, 1.807) is 19.0 Å². The predicted octanol–water partition coefficient (Wildman–Crippen LogP) is 2.84. The Morgan fingerprint density at radius 3 is 1.71 bits per heavy atom. The van der Waals surface area contributed by atoms with Crippen molar-refractivity contribution in [2.45, 2.75) is 19.0 Å². The fourth-order valence-corrected chi connectivity index (χ4v) is 2.38. The lowest BCUT2D eigenvalue weighted by Gasteiger charge is -2.25. The molecule has 0 aliphatic rings. The molecule has 0 fully saturated rings. The Balaban J connectivity index is 2.28. The maximum atomic E-state index is 12.1. The molecule has 3 heteroatoms. The van der Waals surface area contributed by atoms with Crippen molar-refractivity contribution in [3.05, 3.63) is 71.8 Å². The van der Waals surface area contributed by atoms with Gasteiger partial charge in [-0.25, -0.2) is 0 Å². The zero-order valence-corrected chi connectivity index (χ0v) is 12.8. The SMILES string of the molecule is CC(NC(c1ccccc1)c1ccccc1)C(=O)N(C)C. The van der Waals surface area contributed by atoms with E-state index in [1.807, 2.05) is 43.3 Å². The van der Waals surface area contributed by atoms with Gasteiger partial charge in [0.05, 0.1) is 12.1 Å². The molecule has 0 heterocycles. The molecule has 0 radical (unpaired) electrons. The van der Waals surface area contributed by atoms with Crippen LogP contribution in [0.5, 0.6) is 0 Å². The van der Waals surface area contributed by atoms with Gasteiger partial charge in [0.25, 0.3) is 0 Å². The monoisotopic (exact) mass is 282 g/mol. The molecule has 21 heavy (non-hydrogen) atoms. The number of hydrogen-bond acceptors (Lipinski definition) is 2. The van der Waals surface area contributed by atoms with Crippen LogP contribution in [0, 0.1) is 0 Å². The largest absolute Gasteiger partial charge is 0.347 e. The van der Waals surface area contributed by atoms with Crippen molar-refractivity contribution in [3.8, 4) is 0 Å². The highest BCUT2D eigenvalue weighted by molar-refractivity contribution is 5.81. The molecule has 1 N–H and O–H groups in total. The smallest absolute Gasteiger partial charge is 0.238 e. The highest BCUT2D eigenvalue weighted by Crippen LogP contribution is 2.22. The minimum atomic E-state index is -0.245. The van der Waals surface area contributed by atoms with Crippen molar-refractivity contribution in [2.75, 3.05) is 14.1 Å². The molecule has 110 valence electrons. The highest BCUT2D eigenvalue weighted by atomic mass is 16.2. The van der Waals surface area contributed by atoms with Crippen LogP contribution in [0.3, 0.4) is 0 Å². The molecule has 0 aromatic heterocycles. The third-order valence-electron chi connectivity index (χ3n) is 3.49. The molecule has 2 aromatic rings. The number of carbonyl (C=O) groups excluding carboxylic acids is 1. The lowest BCUT2D eigenvalue weighted by atomic mass is 9.98. The van der Waals surface area contributed by atoms with Gasteiger partial charge in [0.15, 0.2) is 0 Å². The van der Waals surface area contributed by atoms with Gasteiger partial charge in [-0.15, -0.1) is 0 Å². The van der Waals surface area contributed by atoms with Crippen LogP contribution in [-0.2, 0) is 4.79 Å². The second-order valence-electron chi connectivity index (χ2n) is 5.38. The van der Waals surface area contributed by atoms with Crippen molar-refractivity contribution in [3.63, 3.8) is 0 Å². The molecular weight excluding hydrogens is 260 g/mol. The van der Waals surface area contributed by atoms with Crippen LogP contribution in [0.25, 0.3) is 0 Å². The molecule has 1 unspecified atom stereocenters. The van der Waals surface area contributed by atoms with Crippen LogP contribution in [0.15, 0.2) is 60.7 Å². The maximum absolute atomic E-state index is 12.1. The summed E-state index contributed by atoms with van der Waals surface area (Å²) in [5.74, 6) is 0.0758. The van der Waals surface area contributed by atoms with Gasteiger partial charge >= 0.3 is 0 Å². The standard InChI is InChI=1S/C18H22N2O/c1-14(18(21)20(2)3)19-17(15-10-6-4-7-11-15)16-12-8-5-9-13-16/h4-14,17,19H,1-3H3. The number of benzene rings is 2. The zero-order valence-electron chi connectivity index (χ0n) is 12.8. The van der Waals surface area contributed by atoms with Gasteiger partial charge in [0.2, 0.25) is 5.91 Å². The molecular formula is C18H22N2O. The molecule has 0 bridgehead atoms. The predicted molar refractivity (Wildman–Crippen MR) is 86.0 cm³/mol. The summed E-state index contributed by atoms with van der Waals surface area (Å²) in [6, 6.07) is 20.2. The third kappa shape index (κ3) is 3.92. The first-order valence-corrected chi connectivity index (χ1v) is 7.16. The zero-order chi connectivity index (χ0) is 15.2. The average Bonchev–Trinajstić information content (AvgIpc) is 2.53. The van der Waals surface area contributed by atoms with Crippen molar-refractivity contribution in [2.24, 2.45) is 0 Å². The van der Waals surface area contributed by atoms with Crippen LogP contribution in [0.2, 0.25) is 0 Å². The van der Waals surface area contributed by atoms with E-state index in [0.717, 1.165) is 11.1 Å². The second kappa shape index (κ2) is 7.04. The van der Waals surface area contributed by atoms with Gasteiger partial charge in [-0.3, -0.25) is 10.1 Å². The maximum Gasteiger partial charge on any atom is 0.238 e. The Labute approximate surface area is 126 Å². The number of nitrogens with one attached hydrogen (secondary N) is 1. The molecule has 2 aromatic carbocycles. The summed E-state index contributed by atoms with van der Waals surface area (Å²) < 4.78 is 0.